The average molecular weight is 412 g/mol. The molecule has 0 saturated heterocycles. The second-order valence-corrected chi connectivity index (χ2v) is 6.51. The van der Waals surface area contributed by atoms with E-state index in [0.717, 1.165) is 15.6 Å². The van der Waals surface area contributed by atoms with Crippen LogP contribution in [0.1, 0.15) is 15.9 Å². The van der Waals surface area contributed by atoms with Crippen molar-refractivity contribution in [3.8, 4) is 11.4 Å². The minimum absolute atomic E-state index is 0.234. The Hall–Kier alpha value is -3.13. The number of hydrogen-bond acceptors (Lipinski definition) is 5. The largest absolute Gasteiger partial charge is 0.472 e. The number of nitrogens with one attached hydrogen (secondary N) is 1. The van der Waals surface area contributed by atoms with Gasteiger partial charge in [0, 0.05) is 16.6 Å². The van der Waals surface area contributed by atoms with E-state index in [2.05, 4.69) is 31.3 Å². The third-order valence-electron chi connectivity index (χ3n) is 3.90. The van der Waals surface area contributed by atoms with Crippen LogP contribution in [0.25, 0.3) is 17.0 Å². The third kappa shape index (κ3) is 3.06. The van der Waals surface area contributed by atoms with E-state index in [9.17, 15) is 4.79 Å². The van der Waals surface area contributed by atoms with Crippen molar-refractivity contribution < 1.29 is 9.21 Å². The number of anilines is 1. The Labute approximate surface area is 157 Å². The lowest BCUT2D eigenvalue weighted by molar-refractivity contribution is 0.0951. The van der Waals surface area contributed by atoms with Crippen molar-refractivity contribution in [1.29, 1.82) is 0 Å². The number of furan rings is 1. The molecule has 3 heterocycles. The maximum absolute atomic E-state index is 12.5. The zero-order valence-corrected chi connectivity index (χ0v) is 15.1. The van der Waals surface area contributed by atoms with Gasteiger partial charge in [0.05, 0.1) is 11.8 Å². The fourth-order valence-corrected chi connectivity index (χ4v) is 3.00. The van der Waals surface area contributed by atoms with Crippen LogP contribution in [0.15, 0.2) is 63.9 Å². The molecule has 0 atom stereocenters. The van der Waals surface area contributed by atoms with E-state index in [-0.39, 0.29) is 5.91 Å². The predicted octanol–water partition coefficient (Wildman–Crippen LogP) is 3.26. The van der Waals surface area contributed by atoms with Crippen molar-refractivity contribution in [3.05, 3.63) is 70.6 Å². The molecule has 8 heteroatoms. The number of amides is 1. The molecule has 4 aromatic rings. The van der Waals surface area contributed by atoms with Crippen LogP contribution in [0.2, 0.25) is 0 Å². The van der Waals surface area contributed by atoms with Gasteiger partial charge in [-0.2, -0.15) is 4.52 Å². The summed E-state index contributed by atoms with van der Waals surface area (Å²) < 4.78 is 7.49. The summed E-state index contributed by atoms with van der Waals surface area (Å²) in [7, 11) is 0. The highest BCUT2D eigenvalue weighted by molar-refractivity contribution is 9.10. The fraction of sp³-hybridized carbons (Fsp3) is 0.0556. The topological polar surface area (TPSA) is 98.5 Å². The van der Waals surface area contributed by atoms with Crippen molar-refractivity contribution >= 4 is 33.3 Å². The Morgan fingerprint density at radius 3 is 2.88 bits per heavy atom. The summed E-state index contributed by atoms with van der Waals surface area (Å²) in [6, 6.07) is 12.7. The highest BCUT2D eigenvalue weighted by Gasteiger charge is 2.14. The molecule has 3 aromatic heterocycles. The molecule has 3 N–H and O–H groups in total. The van der Waals surface area contributed by atoms with Gasteiger partial charge in [0.15, 0.2) is 11.5 Å². The number of nitrogen functional groups attached to an aromatic ring is 1. The molecule has 1 amide bonds. The lowest BCUT2D eigenvalue weighted by Gasteiger charge is -2.08. The van der Waals surface area contributed by atoms with Gasteiger partial charge in [-0.1, -0.05) is 34.1 Å². The van der Waals surface area contributed by atoms with Gasteiger partial charge in [-0.05, 0) is 29.8 Å². The van der Waals surface area contributed by atoms with E-state index >= 15 is 0 Å². The average Bonchev–Trinajstić information content (AvgIpc) is 3.30. The SMILES string of the molecule is Nc1cc(C(=O)NCc2ccccc2Br)cc2nc(-c3ccoc3)nn12. The van der Waals surface area contributed by atoms with E-state index in [4.69, 9.17) is 10.2 Å². The Morgan fingerprint density at radius 1 is 1.27 bits per heavy atom. The van der Waals surface area contributed by atoms with E-state index in [0.29, 0.717) is 29.4 Å². The third-order valence-corrected chi connectivity index (χ3v) is 4.68. The first-order chi connectivity index (χ1) is 12.6. The molecule has 0 bridgehead atoms. The number of carbonyl (C=O) groups excluding carboxylic acids is 1. The summed E-state index contributed by atoms with van der Waals surface area (Å²) in [6.07, 6.45) is 3.10. The Balaban J connectivity index is 1.60. The van der Waals surface area contributed by atoms with Gasteiger partial charge >= 0.3 is 0 Å². The molecule has 0 radical (unpaired) electrons. The van der Waals surface area contributed by atoms with Crippen molar-refractivity contribution in [1.82, 2.24) is 19.9 Å². The zero-order valence-electron chi connectivity index (χ0n) is 13.5. The van der Waals surface area contributed by atoms with Crippen LogP contribution >= 0.6 is 15.9 Å². The molecule has 0 aliphatic heterocycles. The van der Waals surface area contributed by atoms with Gasteiger partial charge in [-0.25, -0.2) is 4.98 Å². The molecule has 1 aromatic carbocycles. The first-order valence-corrected chi connectivity index (χ1v) is 8.61. The molecule has 4 rings (SSSR count). The Bertz CT molecular complexity index is 1090. The summed E-state index contributed by atoms with van der Waals surface area (Å²) in [4.78, 5) is 16.9. The first kappa shape index (κ1) is 16.3. The molecule has 0 aliphatic carbocycles. The number of carbonyl (C=O) groups is 1. The van der Waals surface area contributed by atoms with E-state index in [1.807, 2.05) is 24.3 Å². The van der Waals surface area contributed by atoms with Crippen molar-refractivity contribution in [2.45, 2.75) is 6.54 Å². The fourth-order valence-electron chi connectivity index (χ4n) is 2.57. The number of fused-ring (bicyclic) bond motifs is 1. The number of halogens is 1. The molecule has 0 fully saturated rings. The summed E-state index contributed by atoms with van der Waals surface area (Å²) in [5.41, 5.74) is 8.69. The molecule has 0 saturated carbocycles. The molecule has 0 aliphatic rings. The number of nitrogens with two attached hydrogens (primary N) is 1. The summed E-state index contributed by atoms with van der Waals surface area (Å²) in [5, 5.41) is 7.23. The van der Waals surface area contributed by atoms with Crippen molar-refractivity contribution in [2.24, 2.45) is 0 Å². The minimum Gasteiger partial charge on any atom is -0.472 e. The number of hydrogen-bond donors (Lipinski definition) is 2. The van der Waals surface area contributed by atoms with Crippen LogP contribution < -0.4 is 11.1 Å². The van der Waals surface area contributed by atoms with Crippen LogP contribution in [-0.4, -0.2) is 20.5 Å². The standard InChI is InChI=1S/C18H14BrN5O2/c19-14-4-2-1-3-11(14)9-21-18(25)13-7-15(20)24-16(8-13)22-17(23-24)12-5-6-26-10-12/h1-8,10H,9,20H2,(H,21,25). The van der Waals surface area contributed by atoms with Crippen LogP contribution in [0, 0.1) is 0 Å². The van der Waals surface area contributed by atoms with Crippen molar-refractivity contribution in [2.75, 3.05) is 5.73 Å². The number of nitrogens with zero attached hydrogens (tertiary/aromatic N) is 3. The van der Waals surface area contributed by atoms with E-state index in [1.165, 1.54) is 4.52 Å². The van der Waals surface area contributed by atoms with Gasteiger partial charge in [-0.3, -0.25) is 4.79 Å². The molecular weight excluding hydrogens is 398 g/mol. The minimum atomic E-state index is -0.234. The highest BCUT2D eigenvalue weighted by atomic mass is 79.9. The van der Waals surface area contributed by atoms with Gasteiger partial charge in [-0.15, -0.1) is 5.10 Å². The van der Waals surface area contributed by atoms with Crippen LogP contribution in [-0.2, 0) is 6.54 Å². The van der Waals surface area contributed by atoms with Crippen LogP contribution in [0.4, 0.5) is 5.82 Å². The quantitative estimate of drug-likeness (QED) is 0.536. The Kier molecular flexibility index (Phi) is 4.18. The summed E-state index contributed by atoms with van der Waals surface area (Å²) in [6.45, 7) is 0.401. The normalized spacial score (nSPS) is 11.0. The van der Waals surface area contributed by atoms with Gasteiger partial charge in [0.25, 0.3) is 5.91 Å². The lowest BCUT2D eigenvalue weighted by atomic mass is 10.2. The second kappa shape index (κ2) is 6.64. The Morgan fingerprint density at radius 2 is 2.12 bits per heavy atom. The number of aromatic nitrogens is 3. The van der Waals surface area contributed by atoms with Crippen LogP contribution in [0.3, 0.4) is 0 Å². The molecular formula is C18H14BrN5O2. The monoisotopic (exact) mass is 411 g/mol. The lowest BCUT2D eigenvalue weighted by Crippen LogP contribution is -2.23. The molecule has 130 valence electrons. The summed E-state index contributed by atoms with van der Waals surface area (Å²) in [5.74, 6) is 0.579. The van der Waals surface area contributed by atoms with Crippen LogP contribution in [0.5, 0.6) is 0 Å². The van der Waals surface area contributed by atoms with E-state index < -0.39 is 0 Å². The number of rotatable bonds is 4. The molecule has 7 nitrogen and oxygen atoms in total. The highest BCUT2D eigenvalue weighted by Crippen LogP contribution is 2.20. The predicted molar refractivity (Wildman–Crippen MR) is 100 cm³/mol. The maximum Gasteiger partial charge on any atom is 0.251 e. The number of benzene rings is 1. The molecule has 26 heavy (non-hydrogen) atoms. The van der Waals surface area contributed by atoms with Gasteiger partial charge in [0.2, 0.25) is 0 Å². The zero-order chi connectivity index (χ0) is 18.1. The maximum atomic E-state index is 12.5. The first-order valence-electron chi connectivity index (χ1n) is 7.82. The number of pyridine rings is 1. The summed E-state index contributed by atoms with van der Waals surface area (Å²) >= 11 is 3.47. The van der Waals surface area contributed by atoms with Crippen molar-refractivity contribution in [3.63, 3.8) is 0 Å². The van der Waals surface area contributed by atoms with Gasteiger partial charge < -0.3 is 15.5 Å². The molecule has 0 spiro atoms. The smallest absolute Gasteiger partial charge is 0.251 e. The van der Waals surface area contributed by atoms with E-state index in [1.54, 1.807) is 30.7 Å². The molecule has 0 unspecified atom stereocenters. The second-order valence-electron chi connectivity index (χ2n) is 5.66. The van der Waals surface area contributed by atoms with Gasteiger partial charge in [0.1, 0.15) is 12.1 Å².